The van der Waals surface area contributed by atoms with Gasteiger partial charge in [0.25, 0.3) is 0 Å². The van der Waals surface area contributed by atoms with Crippen LogP contribution < -0.4 is 0 Å². The number of hydrogen-bond acceptors (Lipinski definition) is 5. The summed E-state index contributed by atoms with van der Waals surface area (Å²) >= 11 is 0. The molecule has 1 aromatic heterocycles. The van der Waals surface area contributed by atoms with Crippen molar-refractivity contribution in [3.63, 3.8) is 0 Å². The second kappa shape index (κ2) is 5.47. The van der Waals surface area contributed by atoms with Crippen LogP contribution in [-0.2, 0) is 16.0 Å². The zero-order valence-electron chi connectivity index (χ0n) is 12.6. The summed E-state index contributed by atoms with van der Waals surface area (Å²) in [5.41, 5.74) is 2.32. The van der Waals surface area contributed by atoms with Crippen LogP contribution in [0.25, 0.3) is 0 Å². The first-order valence-corrected chi connectivity index (χ1v) is 7.43. The van der Waals surface area contributed by atoms with Gasteiger partial charge in [-0.25, -0.2) is 0 Å². The smallest absolute Gasteiger partial charge is 0.138 e. The van der Waals surface area contributed by atoms with Crippen molar-refractivity contribution in [2.75, 3.05) is 26.8 Å². The van der Waals surface area contributed by atoms with E-state index in [9.17, 15) is 0 Å². The number of aryl methyl sites for hydroxylation is 2. The molecule has 1 unspecified atom stereocenters. The summed E-state index contributed by atoms with van der Waals surface area (Å²) in [5.74, 6) is 0.944. The van der Waals surface area contributed by atoms with Crippen molar-refractivity contribution in [2.45, 2.75) is 51.4 Å². The summed E-state index contributed by atoms with van der Waals surface area (Å²) in [5, 5.41) is 4.03. The highest BCUT2D eigenvalue weighted by Crippen LogP contribution is 2.37. The first-order chi connectivity index (χ1) is 9.62. The van der Waals surface area contributed by atoms with Crippen LogP contribution in [-0.4, -0.2) is 48.6 Å². The van der Waals surface area contributed by atoms with Gasteiger partial charge in [0.15, 0.2) is 0 Å². The van der Waals surface area contributed by atoms with E-state index in [1.165, 1.54) is 5.56 Å². The Kier molecular flexibility index (Phi) is 3.84. The van der Waals surface area contributed by atoms with Crippen LogP contribution in [0.3, 0.4) is 0 Å². The molecule has 20 heavy (non-hydrogen) atoms. The molecule has 1 aromatic rings. The van der Waals surface area contributed by atoms with E-state index in [0.717, 1.165) is 57.0 Å². The van der Waals surface area contributed by atoms with Gasteiger partial charge in [-0.2, -0.15) is 0 Å². The lowest BCUT2D eigenvalue weighted by atomic mass is 9.88. The normalized spacial score (nSPS) is 26.4. The zero-order valence-corrected chi connectivity index (χ0v) is 12.6. The largest absolute Gasteiger partial charge is 0.379 e. The Balaban J connectivity index is 1.57. The molecule has 3 rings (SSSR count). The molecule has 2 aliphatic rings. The van der Waals surface area contributed by atoms with Gasteiger partial charge < -0.3 is 14.0 Å². The Bertz CT molecular complexity index is 444. The Morgan fingerprint density at radius 1 is 1.35 bits per heavy atom. The minimum absolute atomic E-state index is 0.0654. The summed E-state index contributed by atoms with van der Waals surface area (Å²) in [4.78, 5) is 2.47. The van der Waals surface area contributed by atoms with Crippen molar-refractivity contribution < 1.29 is 14.0 Å². The van der Waals surface area contributed by atoms with Crippen LogP contribution in [0.5, 0.6) is 0 Å². The molecule has 1 spiro atoms. The van der Waals surface area contributed by atoms with E-state index in [2.05, 4.69) is 10.1 Å². The fraction of sp³-hybridized carbons (Fsp3) is 0.800. The predicted octanol–water partition coefficient (Wildman–Crippen LogP) is 2.06. The quantitative estimate of drug-likeness (QED) is 0.848. The van der Waals surface area contributed by atoms with E-state index in [-0.39, 0.29) is 11.7 Å². The van der Waals surface area contributed by atoms with E-state index >= 15 is 0 Å². The molecule has 2 saturated heterocycles. The van der Waals surface area contributed by atoms with Crippen molar-refractivity contribution in [1.29, 1.82) is 0 Å². The van der Waals surface area contributed by atoms with Crippen LogP contribution in [0.4, 0.5) is 0 Å². The zero-order chi connectivity index (χ0) is 14.2. The van der Waals surface area contributed by atoms with Crippen molar-refractivity contribution in [3.05, 3.63) is 17.0 Å². The van der Waals surface area contributed by atoms with Crippen molar-refractivity contribution in [3.8, 4) is 0 Å². The molecule has 2 aliphatic heterocycles. The lowest BCUT2D eigenvalue weighted by molar-refractivity contribution is -0.0460. The van der Waals surface area contributed by atoms with Crippen molar-refractivity contribution >= 4 is 0 Å². The van der Waals surface area contributed by atoms with Crippen LogP contribution in [0.15, 0.2) is 4.52 Å². The van der Waals surface area contributed by atoms with Gasteiger partial charge in [0.1, 0.15) is 5.76 Å². The van der Waals surface area contributed by atoms with Gasteiger partial charge in [0.05, 0.1) is 24.0 Å². The van der Waals surface area contributed by atoms with E-state index in [4.69, 9.17) is 14.0 Å². The van der Waals surface area contributed by atoms with Gasteiger partial charge in [-0.1, -0.05) is 5.16 Å². The summed E-state index contributed by atoms with van der Waals surface area (Å²) in [6.45, 7) is 7.83. The van der Waals surface area contributed by atoms with Crippen LogP contribution in [0, 0.1) is 13.8 Å². The Labute approximate surface area is 120 Å². The number of rotatable bonds is 3. The Morgan fingerprint density at radius 3 is 2.65 bits per heavy atom. The monoisotopic (exact) mass is 280 g/mol. The standard InChI is InChI=1S/C15H24N2O3/c1-11-14(12(2)20-16-11)9-17-6-4-15(5-7-17)8-13(18-3)10-19-15/h13H,4-10H2,1-3H3. The summed E-state index contributed by atoms with van der Waals surface area (Å²) in [7, 11) is 1.78. The number of hydrogen-bond donors (Lipinski definition) is 0. The second-order valence-corrected chi connectivity index (χ2v) is 6.13. The summed E-state index contributed by atoms with van der Waals surface area (Å²) in [6, 6.07) is 0. The fourth-order valence-electron chi connectivity index (χ4n) is 3.37. The van der Waals surface area contributed by atoms with E-state index < -0.39 is 0 Å². The molecule has 0 aromatic carbocycles. The molecule has 5 nitrogen and oxygen atoms in total. The maximum atomic E-state index is 6.03. The molecule has 1 atom stereocenters. The number of methoxy groups -OCH3 is 1. The molecular formula is C15H24N2O3. The fourth-order valence-corrected chi connectivity index (χ4v) is 3.37. The summed E-state index contributed by atoms with van der Waals surface area (Å²) in [6.07, 6.45) is 3.51. The topological polar surface area (TPSA) is 47.7 Å². The highest BCUT2D eigenvalue weighted by molar-refractivity contribution is 5.20. The SMILES string of the molecule is COC1COC2(CCN(Cc3c(C)noc3C)CC2)C1. The van der Waals surface area contributed by atoms with E-state index in [0.29, 0.717) is 0 Å². The van der Waals surface area contributed by atoms with Gasteiger partial charge in [0, 0.05) is 38.7 Å². The molecule has 5 heteroatoms. The van der Waals surface area contributed by atoms with Gasteiger partial charge in [-0.05, 0) is 26.7 Å². The maximum absolute atomic E-state index is 6.03. The lowest BCUT2D eigenvalue weighted by Crippen LogP contribution is -2.44. The van der Waals surface area contributed by atoms with Gasteiger partial charge in [-0.3, -0.25) is 4.90 Å². The number of likely N-dealkylation sites (tertiary alicyclic amines) is 1. The molecule has 112 valence electrons. The molecule has 0 radical (unpaired) electrons. The Morgan fingerprint density at radius 2 is 2.10 bits per heavy atom. The molecule has 0 amide bonds. The van der Waals surface area contributed by atoms with E-state index in [1.54, 1.807) is 7.11 Å². The molecule has 0 aliphatic carbocycles. The number of aromatic nitrogens is 1. The average Bonchev–Trinajstić information content (AvgIpc) is 3.00. The molecule has 0 saturated carbocycles. The minimum Gasteiger partial charge on any atom is -0.379 e. The van der Waals surface area contributed by atoms with Crippen LogP contribution in [0.1, 0.15) is 36.3 Å². The van der Waals surface area contributed by atoms with Crippen LogP contribution >= 0.6 is 0 Å². The minimum atomic E-state index is 0.0654. The molecule has 0 bridgehead atoms. The summed E-state index contributed by atoms with van der Waals surface area (Å²) < 4.78 is 16.7. The number of piperidine rings is 1. The van der Waals surface area contributed by atoms with Gasteiger partial charge >= 0.3 is 0 Å². The van der Waals surface area contributed by atoms with E-state index in [1.807, 2.05) is 13.8 Å². The maximum Gasteiger partial charge on any atom is 0.138 e. The highest BCUT2D eigenvalue weighted by atomic mass is 16.6. The third-order valence-electron chi connectivity index (χ3n) is 4.84. The highest BCUT2D eigenvalue weighted by Gasteiger charge is 2.42. The number of nitrogens with zero attached hydrogens (tertiary/aromatic N) is 2. The Hall–Kier alpha value is -0.910. The van der Waals surface area contributed by atoms with Gasteiger partial charge in [-0.15, -0.1) is 0 Å². The first-order valence-electron chi connectivity index (χ1n) is 7.43. The predicted molar refractivity (Wildman–Crippen MR) is 74.6 cm³/mol. The first kappa shape index (κ1) is 14.0. The van der Waals surface area contributed by atoms with Crippen molar-refractivity contribution in [2.24, 2.45) is 0 Å². The second-order valence-electron chi connectivity index (χ2n) is 6.13. The molecule has 2 fully saturated rings. The molecular weight excluding hydrogens is 256 g/mol. The van der Waals surface area contributed by atoms with Gasteiger partial charge in [0.2, 0.25) is 0 Å². The van der Waals surface area contributed by atoms with Crippen LogP contribution in [0.2, 0.25) is 0 Å². The molecule has 0 N–H and O–H groups in total. The molecule has 3 heterocycles. The average molecular weight is 280 g/mol. The third-order valence-corrected chi connectivity index (χ3v) is 4.84. The van der Waals surface area contributed by atoms with Crippen molar-refractivity contribution in [1.82, 2.24) is 10.1 Å². The lowest BCUT2D eigenvalue weighted by Gasteiger charge is -2.38. The third kappa shape index (κ3) is 2.62. The number of ether oxygens (including phenoxy) is 2.